The highest BCUT2D eigenvalue weighted by molar-refractivity contribution is 5.72. The summed E-state index contributed by atoms with van der Waals surface area (Å²) in [6.45, 7) is 2.21. The van der Waals surface area contributed by atoms with Gasteiger partial charge in [0, 0.05) is 18.7 Å². The summed E-state index contributed by atoms with van der Waals surface area (Å²) in [6.07, 6.45) is 13.7. The minimum absolute atomic E-state index is 0.161. The Morgan fingerprint density at radius 2 is 2.05 bits per heavy atom. The summed E-state index contributed by atoms with van der Waals surface area (Å²) in [5, 5.41) is 0.968. The van der Waals surface area contributed by atoms with Crippen molar-refractivity contribution in [3.8, 4) is 0 Å². The Balaban J connectivity index is 1.78. The first kappa shape index (κ1) is 15.3. The third-order valence-electron chi connectivity index (χ3n) is 4.73. The van der Waals surface area contributed by atoms with E-state index in [-0.39, 0.29) is 5.69 Å². The van der Waals surface area contributed by atoms with Crippen LogP contribution in [0.2, 0.25) is 0 Å². The summed E-state index contributed by atoms with van der Waals surface area (Å²) in [5.41, 5.74) is 0.342. The Bertz CT molecular complexity index is 665. The van der Waals surface area contributed by atoms with Gasteiger partial charge in [-0.2, -0.15) is 4.98 Å². The predicted molar refractivity (Wildman–Crippen MR) is 88.2 cm³/mol. The van der Waals surface area contributed by atoms with E-state index in [2.05, 4.69) is 18.0 Å². The van der Waals surface area contributed by atoms with E-state index in [0.29, 0.717) is 11.8 Å². The third kappa shape index (κ3) is 3.42. The van der Waals surface area contributed by atoms with E-state index in [1.807, 2.05) is 10.8 Å². The van der Waals surface area contributed by atoms with E-state index in [1.54, 1.807) is 0 Å². The van der Waals surface area contributed by atoms with Crippen molar-refractivity contribution in [1.82, 2.24) is 9.55 Å². The van der Waals surface area contributed by atoms with Gasteiger partial charge in [0.2, 0.25) is 5.71 Å². The quantitative estimate of drug-likeness (QED) is 0.732. The molecule has 1 aliphatic rings. The monoisotopic (exact) mass is 302 g/mol. The molecule has 1 saturated carbocycles. The molecule has 2 aromatic heterocycles. The number of aryl methyl sites for hydroxylation is 1. The maximum Gasteiger partial charge on any atom is 0.351 e. The first-order valence-electron chi connectivity index (χ1n) is 8.79. The number of furan rings is 1. The number of hydrogen-bond donors (Lipinski definition) is 0. The summed E-state index contributed by atoms with van der Waals surface area (Å²) in [7, 11) is 0. The van der Waals surface area contributed by atoms with E-state index in [1.165, 1.54) is 38.5 Å². The lowest BCUT2D eigenvalue weighted by Gasteiger charge is -2.23. The number of fused-ring (bicyclic) bond motifs is 1. The van der Waals surface area contributed by atoms with Gasteiger partial charge in [0.05, 0.1) is 5.39 Å². The number of rotatable bonds is 6. The third-order valence-corrected chi connectivity index (χ3v) is 4.73. The molecule has 2 aromatic rings. The molecule has 0 saturated heterocycles. The lowest BCUT2D eigenvalue weighted by Crippen LogP contribution is -2.27. The molecule has 120 valence electrons. The summed E-state index contributed by atoms with van der Waals surface area (Å²) in [5.74, 6) is 0.958. The van der Waals surface area contributed by atoms with Gasteiger partial charge in [0.25, 0.3) is 0 Å². The summed E-state index contributed by atoms with van der Waals surface area (Å²) in [6, 6.07) is 2.38. The van der Waals surface area contributed by atoms with Crippen LogP contribution >= 0.6 is 0 Å². The van der Waals surface area contributed by atoms with Crippen LogP contribution < -0.4 is 5.69 Å². The van der Waals surface area contributed by atoms with Crippen molar-refractivity contribution in [1.29, 1.82) is 0 Å². The molecule has 0 amide bonds. The summed E-state index contributed by atoms with van der Waals surface area (Å²) < 4.78 is 7.58. The summed E-state index contributed by atoms with van der Waals surface area (Å²) in [4.78, 5) is 16.4. The predicted octanol–water partition coefficient (Wildman–Crippen LogP) is 4.62. The zero-order chi connectivity index (χ0) is 15.4. The van der Waals surface area contributed by atoms with Crippen LogP contribution in [0.4, 0.5) is 0 Å². The molecule has 4 nitrogen and oxygen atoms in total. The molecule has 0 aliphatic heterocycles. The highest BCUT2D eigenvalue weighted by Gasteiger charge is 2.18. The normalized spacial score (nSPS) is 16.4. The Hall–Kier alpha value is -1.58. The molecule has 0 aromatic carbocycles. The van der Waals surface area contributed by atoms with Crippen LogP contribution in [0.5, 0.6) is 0 Å². The van der Waals surface area contributed by atoms with Crippen molar-refractivity contribution in [3.63, 3.8) is 0 Å². The van der Waals surface area contributed by atoms with Gasteiger partial charge in [-0.25, -0.2) is 4.79 Å². The zero-order valence-electron chi connectivity index (χ0n) is 13.5. The van der Waals surface area contributed by atoms with Gasteiger partial charge in [-0.05, 0) is 25.3 Å². The SMILES string of the molecule is CCCCCCc1cc2cn(C3CCCCC3)c(=O)nc2o1. The maximum absolute atomic E-state index is 12.2. The van der Waals surface area contributed by atoms with E-state index in [0.717, 1.165) is 36.8 Å². The molecule has 3 rings (SSSR count). The highest BCUT2D eigenvalue weighted by Crippen LogP contribution is 2.28. The minimum Gasteiger partial charge on any atom is -0.443 e. The van der Waals surface area contributed by atoms with Gasteiger partial charge >= 0.3 is 5.69 Å². The number of aromatic nitrogens is 2. The van der Waals surface area contributed by atoms with Gasteiger partial charge in [-0.3, -0.25) is 4.57 Å². The van der Waals surface area contributed by atoms with Gasteiger partial charge in [-0.1, -0.05) is 45.4 Å². The largest absolute Gasteiger partial charge is 0.443 e. The molecule has 4 heteroatoms. The average Bonchev–Trinajstić information content (AvgIpc) is 2.93. The molecule has 0 atom stereocenters. The molecular weight excluding hydrogens is 276 g/mol. The van der Waals surface area contributed by atoms with Crippen molar-refractivity contribution < 1.29 is 4.42 Å². The summed E-state index contributed by atoms with van der Waals surface area (Å²) >= 11 is 0. The van der Waals surface area contributed by atoms with Gasteiger partial charge in [0.15, 0.2) is 0 Å². The standard InChI is InChI=1S/C18H26N2O2/c1-2-3-4-8-11-16-12-14-13-20(15-9-6-5-7-10-15)18(21)19-17(14)22-16/h12-13,15H,2-11H2,1H3. The first-order chi connectivity index (χ1) is 10.8. The molecule has 0 spiro atoms. The van der Waals surface area contributed by atoms with E-state index in [4.69, 9.17) is 4.42 Å². The number of hydrogen-bond acceptors (Lipinski definition) is 3. The number of unbranched alkanes of at least 4 members (excludes halogenated alkanes) is 3. The van der Waals surface area contributed by atoms with Gasteiger partial charge in [0.1, 0.15) is 5.76 Å². The second-order valence-electron chi connectivity index (χ2n) is 6.51. The first-order valence-corrected chi connectivity index (χ1v) is 8.79. The lowest BCUT2D eigenvalue weighted by molar-refractivity contribution is 0.343. The van der Waals surface area contributed by atoms with Gasteiger partial charge in [-0.15, -0.1) is 0 Å². The molecule has 0 unspecified atom stereocenters. The van der Waals surface area contributed by atoms with Crippen LogP contribution in [0.3, 0.4) is 0 Å². The average molecular weight is 302 g/mol. The van der Waals surface area contributed by atoms with E-state index >= 15 is 0 Å². The van der Waals surface area contributed by atoms with E-state index in [9.17, 15) is 4.79 Å². The lowest BCUT2D eigenvalue weighted by atomic mass is 9.95. The van der Waals surface area contributed by atoms with Crippen molar-refractivity contribution in [2.24, 2.45) is 0 Å². The molecule has 0 N–H and O–H groups in total. The Morgan fingerprint density at radius 1 is 1.23 bits per heavy atom. The Morgan fingerprint density at radius 3 is 2.82 bits per heavy atom. The molecule has 1 fully saturated rings. The fraction of sp³-hybridized carbons (Fsp3) is 0.667. The molecule has 2 heterocycles. The molecule has 0 radical (unpaired) electrons. The van der Waals surface area contributed by atoms with Crippen LogP contribution in [-0.2, 0) is 6.42 Å². The van der Waals surface area contributed by atoms with Crippen LogP contribution in [0, 0.1) is 0 Å². The van der Waals surface area contributed by atoms with Crippen LogP contribution in [0.1, 0.15) is 76.5 Å². The fourth-order valence-electron chi connectivity index (χ4n) is 3.45. The second kappa shape index (κ2) is 7.12. The molecule has 22 heavy (non-hydrogen) atoms. The van der Waals surface area contributed by atoms with Gasteiger partial charge < -0.3 is 4.42 Å². The molecule has 1 aliphatic carbocycles. The number of nitrogens with zero attached hydrogens (tertiary/aromatic N) is 2. The molecule has 0 bridgehead atoms. The van der Waals surface area contributed by atoms with E-state index < -0.39 is 0 Å². The Kier molecular flexibility index (Phi) is 4.96. The van der Waals surface area contributed by atoms with Crippen molar-refractivity contribution in [3.05, 3.63) is 28.5 Å². The highest BCUT2D eigenvalue weighted by atomic mass is 16.3. The zero-order valence-corrected chi connectivity index (χ0v) is 13.5. The van der Waals surface area contributed by atoms with Crippen LogP contribution in [0.25, 0.3) is 11.1 Å². The fourth-order valence-corrected chi connectivity index (χ4v) is 3.45. The molecular formula is C18H26N2O2. The second-order valence-corrected chi connectivity index (χ2v) is 6.51. The minimum atomic E-state index is -0.161. The topological polar surface area (TPSA) is 48.0 Å². The Labute approximate surface area is 131 Å². The van der Waals surface area contributed by atoms with Crippen molar-refractivity contribution >= 4 is 11.1 Å². The van der Waals surface area contributed by atoms with Crippen LogP contribution in [-0.4, -0.2) is 9.55 Å². The van der Waals surface area contributed by atoms with Crippen LogP contribution in [0.15, 0.2) is 21.5 Å². The maximum atomic E-state index is 12.2. The smallest absolute Gasteiger partial charge is 0.351 e. The van der Waals surface area contributed by atoms with Crippen molar-refractivity contribution in [2.75, 3.05) is 0 Å². The van der Waals surface area contributed by atoms with Crippen molar-refractivity contribution in [2.45, 2.75) is 77.2 Å².